The molecule has 0 heterocycles. The van der Waals surface area contributed by atoms with Crippen LogP contribution < -0.4 is 0 Å². The van der Waals surface area contributed by atoms with Gasteiger partial charge in [0.05, 0.1) is 6.04 Å². The van der Waals surface area contributed by atoms with Gasteiger partial charge in [0.15, 0.2) is 0 Å². The predicted molar refractivity (Wildman–Crippen MR) is 74.5 cm³/mol. The van der Waals surface area contributed by atoms with Crippen molar-refractivity contribution in [2.24, 2.45) is 5.41 Å². The van der Waals surface area contributed by atoms with Gasteiger partial charge < -0.3 is 4.90 Å². The number of hydrogen-bond donors (Lipinski definition) is 0. The fourth-order valence-electron chi connectivity index (χ4n) is 2.83. The largest absolute Gasteiger partial charge is 0.403 e. The van der Waals surface area contributed by atoms with E-state index < -0.39 is 41.2 Å². The van der Waals surface area contributed by atoms with Crippen LogP contribution in [0.1, 0.15) is 45.2 Å². The molecule has 1 aliphatic carbocycles. The van der Waals surface area contributed by atoms with Gasteiger partial charge in [-0.1, -0.05) is 0 Å². The lowest BCUT2D eigenvalue weighted by Crippen LogP contribution is -2.48. The number of hydrogen-bond acceptors (Lipinski definition) is 1. The average molecular weight is 335 g/mol. The molecule has 1 saturated carbocycles. The molecule has 0 spiro atoms. The summed E-state index contributed by atoms with van der Waals surface area (Å²) in [5.74, 6) is -2.70. The maximum atomic E-state index is 13.4. The van der Waals surface area contributed by atoms with Crippen molar-refractivity contribution in [3.63, 3.8) is 0 Å². The number of amides is 1. The Hall–Kier alpha value is -1.66. The topological polar surface area (TPSA) is 20.3 Å². The maximum absolute atomic E-state index is 13.4. The molecule has 2 nitrogen and oxygen atoms in total. The van der Waals surface area contributed by atoms with Gasteiger partial charge in [0.2, 0.25) is 5.91 Å². The lowest BCUT2D eigenvalue weighted by Gasteiger charge is -2.36. The van der Waals surface area contributed by atoms with Crippen molar-refractivity contribution in [2.45, 2.75) is 51.9 Å². The Morgan fingerprint density at radius 2 is 1.57 bits per heavy atom. The fourth-order valence-corrected chi connectivity index (χ4v) is 2.83. The first-order valence-corrected chi connectivity index (χ1v) is 7.35. The molecule has 128 valence electrons. The van der Waals surface area contributed by atoms with E-state index >= 15 is 0 Å². The number of nitrogens with zero attached hydrogens (tertiary/aromatic N) is 1. The molecule has 1 amide bonds. The Balaban J connectivity index is 2.37. The molecule has 1 aromatic rings. The first kappa shape index (κ1) is 17.7. The van der Waals surface area contributed by atoms with Crippen LogP contribution in [0.3, 0.4) is 0 Å². The monoisotopic (exact) mass is 335 g/mol. The quantitative estimate of drug-likeness (QED) is 0.736. The van der Waals surface area contributed by atoms with Crippen LogP contribution in [-0.2, 0) is 4.79 Å². The van der Waals surface area contributed by atoms with Crippen molar-refractivity contribution in [1.29, 1.82) is 0 Å². The van der Waals surface area contributed by atoms with Crippen LogP contribution in [0.5, 0.6) is 0 Å². The zero-order valence-corrected chi connectivity index (χ0v) is 13.0. The highest BCUT2D eigenvalue weighted by atomic mass is 19.4. The molecule has 1 aliphatic rings. The van der Waals surface area contributed by atoms with Crippen molar-refractivity contribution in [2.75, 3.05) is 0 Å². The number of alkyl halides is 3. The highest BCUT2D eigenvalue weighted by molar-refractivity contribution is 5.87. The van der Waals surface area contributed by atoms with Crippen LogP contribution >= 0.6 is 0 Å². The minimum absolute atomic E-state index is 0.127. The molecular formula is C16H18F5NO. The van der Waals surface area contributed by atoms with E-state index in [9.17, 15) is 26.7 Å². The summed E-state index contributed by atoms with van der Waals surface area (Å²) in [5, 5.41) is 0. The van der Waals surface area contributed by atoms with Crippen LogP contribution in [0.4, 0.5) is 22.0 Å². The van der Waals surface area contributed by atoms with Gasteiger partial charge in [-0.25, -0.2) is 8.78 Å². The Bertz CT molecular complexity index is 587. The fraction of sp³-hybridized carbons (Fsp3) is 0.562. The van der Waals surface area contributed by atoms with E-state index in [0.29, 0.717) is 6.07 Å². The van der Waals surface area contributed by atoms with E-state index in [0.717, 1.165) is 17.0 Å². The van der Waals surface area contributed by atoms with E-state index in [2.05, 4.69) is 0 Å². The van der Waals surface area contributed by atoms with Gasteiger partial charge in [-0.15, -0.1) is 0 Å². The van der Waals surface area contributed by atoms with E-state index in [-0.39, 0.29) is 18.4 Å². The van der Waals surface area contributed by atoms with Crippen LogP contribution in [0.25, 0.3) is 0 Å². The Labute approximate surface area is 131 Å². The summed E-state index contributed by atoms with van der Waals surface area (Å²) in [6.45, 7) is 4.63. The molecule has 0 bridgehead atoms. The summed E-state index contributed by atoms with van der Waals surface area (Å²) < 4.78 is 66.3. The first-order chi connectivity index (χ1) is 10.5. The van der Waals surface area contributed by atoms with Gasteiger partial charge in [-0.3, -0.25) is 4.79 Å². The molecular weight excluding hydrogens is 317 g/mol. The Morgan fingerprint density at radius 3 is 1.91 bits per heavy atom. The lowest BCUT2D eigenvalue weighted by molar-refractivity contribution is -0.200. The maximum Gasteiger partial charge on any atom is 0.403 e. The van der Waals surface area contributed by atoms with Crippen molar-refractivity contribution in [3.8, 4) is 0 Å². The van der Waals surface area contributed by atoms with Gasteiger partial charge in [-0.2, -0.15) is 13.2 Å². The van der Waals surface area contributed by atoms with Crippen molar-refractivity contribution >= 4 is 5.91 Å². The van der Waals surface area contributed by atoms with E-state index in [1.807, 2.05) is 0 Å². The van der Waals surface area contributed by atoms with Gasteiger partial charge in [0, 0.05) is 12.1 Å². The van der Waals surface area contributed by atoms with Crippen molar-refractivity contribution < 1.29 is 26.7 Å². The zero-order valence-electron chi connectivity index (χ0n) is 13.0. The molecule has 0 aromatic heterocycles. The average Bonchev–Trinajstić information content (AvgIpc) is 3.17. The second-order valence-corrected chi connectivity index (χ2v) is 6.26. The highest BCUT2D eigenvalue weighted by Crippen LogP contribution is 2.59. The summed E-state index contributed by atoms with van der Waals surface area (Å²) in [6, 6.07) is 1.33. The molecule has 1 fully saturated rings. The second-order valence-electron chi connectivity index (χ2n) is 6.26. The number of benzene rings is 1. The highest BCUT2D eigenvalue weighted by Gasteiger charge is 2.69. The van der Waals surface area contributed by atoms with Gasteiger partial charge in [-0.05, 0) is 51.3 Å². The Kier molecular flexibility index (Phi) is 4.43. The van der Waals surface area contributed by atoms with Gasteiger partial charge in [0.1, 0.15) is 17.0 Å². The van der Waals surface area contributed by atoms with Gasteiger partial charge in [0.25, 0.3) is 0 Å². The number of halogens is 5. The molecule has 1 atom stereocenters. The van der Waals surface area contributed by atoms with E-state index in [1.165, 1.54) is 6.92 Å². The third-order valence-corrected chi connectivity index (χ3v) is 4.28. The van der Waals surface area contributed by atoms with E-state index in [4.69, 9.17) is 0 Å². The number of carbonyl (C=O) groups is 1. The first-order valence-electron chi connectivity index (χ1n) is 7.35. The zero-order chi connectivity index (χ0) is 17.6. The summed E-state index contributed by atoms with van der Waals surface area (Å²) >= 11 is 0. The van der Waals surface area contributed by atoms with Crippen molar-refractivity contribution in [3.05, 3.63) is 35.4 Å². The lowest BCUT2D eigenvalue weighted by atomic mass is 9.99. The molecule has 0 unspecified atom stereocenters. The summed E-state index contributed by atoms with van der Waals surface area (Å²) in [4.78, 5) is 13.6. The number of carbonyl (C=O) groups excluding carboxylic acids is 1. The van der Waals surface area contributed by atoms with Gasteiger partial charge >= 0.3 is 6.18 Å². The summed E-state index contributed by atoms with van der Waals surface area (Å²) in [7, 11) is 0. The molecule has 2 rings (SSSR count). The minimum Gasteiger partial charge on any atom is -0.333 e. The minimum atomic E-state index is -4.62. The molecule has 0 aliphatic heterocycles. The van der Waals surface area contributed by atoms with E-state index in [1.54, 1.807) is 13.8 Å². The van der Waals surface area contributed by atoms with Crippen LogP contribution in [0, 0.1) is 17.0 Å². The SMILES string of the molecule is CC(C)N(C(=O)C1(C(F)(F)F)CC1)[C@H](C)c1cc(F)cc(F)c1. The molecule has 7 heteroatoms. The third kappa shape index (κ3) is 3.19. The molecule has 23 heavy (non-hydrogen) atoms. The molecule has 0 radical (unpaired) electrons. The molecule has 0 saturated heterocycles. The van der Waals surface area contributed by atoms with Crippen molar-refractivity contribution in [1.82, 2.24) is 4.90 Å². The van der Waals surface area contributed by atoms with Crippen LogP contribution in [0.15, 0.2) is 18.2 Å². The normalized spacial score (nSPS) is 18.0. The predicted octanol–water partition coefficient (Wildman–Crippen LogP) is 4.61. The standard InChI is InChI=1S/C16H18F5NO/c1-9(2)22(14(23)15(4-5-15)16(19,20)21)10(3)11-6-12(17)8-13(18)7-11/h6-10H,4-5H2,1-3H3/t10-/m1/s1. The Morgan fingerprint density at radius 1 is 1.09 bits per heavy atom. The summed E-state index contributed by atoms with van der Waals surface area (Å²) in [6.07, 6.45) is -5.12. The third-order valence-electron chi connectivity index (χ3n) is 4.28. The second kappa shape index (κ2) is 5.76. The molecule has 0 N–H and O–H groups in total. The number of rotatable bonds is 4. The smallest absolute Gasteiger partial charge is 0.333 e. The summed E-state index contributed by atoms with van der Waals surface area (Å²) in [5.41, 5.74) is -2.22. The van der Waals surface area contributed by atoms with Crippen LogP contribution in [0.2, 0.25) is 0 Å². The van der Waals surface area contributed by atoms with Crippen LogP contribution in [-0.4, -0.2) is 23.0 Å². The molecule has 1 aromatic carbocycles.